The number of nitrogens with zero attached hydrogens (tertiary/aromatic N) is 2. The summed E-state index contributed by atoms with van der Waals surface area (Å²) in [5, 5.41) is 3.19. The quantitative estimate of drug-likeness (QED) is 0.288. The van der Waals surface area contributed by atoms with Crippen molar-refractivity contribution in [3.8, 4) is 11.5 Å². The molecule has 4 rings (SSSR count). The monoisotopic (exact) mass is 556 g/mol. The number of fused-ring (bicyclic) bond motifs is 1. The Kier molecular flexibility index (Phi) is 10.5. The van der Waals surface area contributed by atoms with Crippen LogP contribution in [0.2, 0.25) is 0 Å². The third-order valence-electron chi connectivity index (χ3n) is 6.69. The van der Waals surface area contributed by atoms with Crippen LogP contribution in [0.1, 0.15) is 25.8 Å². The van der Waals surface area contributed by atoms with E-state index < -0.39 is 6.09 Å². The van der Waals surface area contributed by atoms with Crippen molar-refractivity contribution < 1.29 is 36.0 Å². The first kappa shape index (κ1) is 29.7. The molecule has 0 aliphatic carbocycles. The van der Waals surface area contributed by atoms with Gasteiger partial charge < -0.3 is 26.8 Å². The Hall–Kier alpha value is -3.82. The zero-order chi connectivity index (χ0) is 27.1. The van der Waals surface area contributed by atoms with Crippen molar-refractivity contribution in [3.63, 3.8) is 0 Å². The van der Waals surface area contributed by atoms with E-state index in [9.17, 15) is 14.0 Å². The standard InChI is InChI=1S/C29H33FN4O4.ClH/c1-4-32(5-2)17-6-18-33-28(35)26-19-23(31-29(36)38-25-14-12-24(37-3)13-15-25)11-16-27(26)34(33)20-21-7-9-22(30)10-8-21;/h7-16,19H,4-6,17-18,20H2,1-3H3,(H,31,36);1H. The van der Waals surface area contributed by atoms with E-state index in [2.05, 4.69) is 19.2 Å². The smallest absolute Gasteiger partial charge is 0.417 e. The van der Waals surface area contributed by atoms with E-state index in [-0.39, 0.29) is 23.8 Å². The summed E-state index contributed by atoms with van der Waals surface area (Å²) < 4.78 is 27.6. The van der Waals surface area contributed by atoms with Gasteiger partial charge >= 0.3 is 6.09 Å². The molecule has 0 saturated heterocycles. The maximum absolute atomic E-state index is 13.5. The molecule has 0 fully saturated rings. The number of methoxy groups -OCH3 is 1. The molecule has 39 heavy (non-hydrogen) atoms. The molecule has 0 radical (unpaired) electrons. The number of aromatic nitrogens is 2. The van der Waals surface area contributed by atoms with Crippen LogP contribution in [0.4, 0.5) is 14.9 Å². The number of carbonyl (C=O) groups is 1. The van der Waals surface area contributed by atoms with Crippen LogP contribution in [0, 0.1) is 5.82 Å². The fraction of sp³-hybridized carbons (Fsp3) is 0.310. The summed E-state index contributed by atoms with van der Waals surface area (Å²) in [6, 6.07) is 18.2. The molecule has 0 atom stereocenters. The van der Waals surface area contributed by atoms with Gasteiger partial charge in [-0.2, -0.15) is 0 Å². The number of hydrogen-bond acceptors (Lipinski definition) is 4. The van der Waals surface area contributed by atoms with E-state index in [0.29, 0.717) is 35.7 Å². The Morgan fingerprint density at radius 3 is 2.26 bits per heavy atom. The first-order chi connectivity index (χ1) is 18.4. The van der Waals surface area contributed by atoms with Crippen molar-refractivity contribution in [2.45, 2.75) is 33.4 Å². The molecule has 1 aromatic heterocycles. The lowest BCUT2D eigenvalue weighted by molar-refractivity contribution is -0.896. The highest BCUT2D eigenvalue weighted by atomic mass is 35.5. The number of hydrogen-bond donors (Lipinski definition) is 2. The minimum atomic E-state index is -0.664. The van der Waals surface area contributed by atoms with Crippen molar-refractivity contribution in [2.24, 2.45) is 0 Å². The predicted octanol–water partition coefficient (Wildman–Crippen LogP) is 0.929. The molecule has 0 aliphatic rings. The van der Waals surface area contributed by atoms with Crippen LogP contribution in [0.3, 0.4) is 0 Å². The summed E-state index contributed by atoms with van der Waals surface area (Å²) >= 11 is 0. The normalized spacial score (nSPS) is 10.9. The molecule has 0 aliphatic heterocycles. The van der Waals surface area contributed by atoms with E-state index in [1.807, 2.05) is 10.7 Å². The molecule has 1 amide bonds. The predicted molar refractivity (Wildman–Crippen MR) is 146 cm³/mol. The lowest BCUT2D eigenvalue weighted by Gasteiger charge is -2.17. The van der Waals surface area contributed by atoms with Gasteiger partial charge in [0.15, 0.2) is 0 Å². The molecule has 0 unspecified atom stereocenters. The summed E-state index contributed by atoms with van der Waals surface area (Å²) in [5.41, 5.74) is 1.94. The van der Waals surface area contributed by atoms with Crippen molar-refractivity contribution >= 4 is 22.7 Å². The van der Waals surface area contributed by atoms with Crippen molar-refractivity contribution in [3.05, 3.63) is 88.5 Å². The van der Waals surface area contributed by atoms with E-state index in [0.717, 1.165) is 37.1 Å². The third kappa shape index (κ3) is 7.40. The first-order valence-corrected chi connectivity index (χ1v) is 12.9. The number of rotatable bonds is 11. The minimum absolute atomic E-state index is 0. The molecule has 0 saturated carbocycles. The van der Waals surface area contributed by atoms with Gasteiger partial charge in [0.2, 0.25) is 0 Å². The summed E-state index contributed by atoms with van der Waals surface area (Å²) in [4.78, 5) is 27.5. The number of anilines is 1. The fourth-order valence-corrected chi connectivity index (χ4v) is 4.52. The highest BCUT2D eigenvalue weighted by Gasteiger charge is 2.16. The first-order valence-electron chi connectivity index (χ1n) is 12.9. The second-order valence-electron chi connectivity index (χ2n) is 9.10. The molecule has 0 bridgehead atoms. The lowest BCUT2D eigenvalue weighted by Crippen LogP contribution is -3.11. The van der Waals surface area contributed by atoms with Gasteiger partial charge in [0.05, 0.1) is 44.2 Å². The Balaban J connectivity index is 0.00000420. The van der Waals surface area contributed by atoms with E-state index in [4.69, 9.17) is 9.47 Å². The SMILES string of the molecule is CC[NH+](CC)CCCn1c(=O)c2cc(NC(=O)Oc3ccc(OC)cc3)ccc2n1Cc1ccc(F)cc1.[Cl-]. The summed E-state index contributed by atoms with van der Waals surface area (Å²) in [6.45, 7) is 8.32. The molecule has 10 heteroatoms. The zero-order valence-corrected chi connectivity index (χ0v) is 23.1. The topological polar surface area (TPSA) is 78.9 Å². The van der Waals surface area contributed by atoms with E-state index in [1.54, 1.807) is 60.3 Å². The highest BCUT2D eigenvalue weighted by molar-refractivity contribution is 5.90. The largest absolute Gasteiger partial charge is 1.00 e. The number of carbonyl (C=O) groups excluding carboxylic acids is 1. The summed E-state index contributed by atoms with van der Waals surface area (Å²) in [7, 11) is 1.56. The van der Waals surface area contributed by atoms with Crippen molar-refractivity contribution in [2.75, 3.05) is 32.1 Å². The van der Waals surface area contributed by atoms with Gasteiger partial charge in [0.1, 0.15) is 17.3 Å². The number of quaternary nitrogens is 1. The van der Waals surface area contributed by atoms with Gasteiger partial charge in [-0.25, -0.2) is 13.9 Å². The van der Waals surface area contributed by atoms with Gasteiger partial charge in [-0.3, -0.25) is 14.8 Å². The number of benzene rings is 3. The van der Waals surface area contributed by atoms with Crippen LogP contribution in [0.25, 0.3) is 10.9 Å². The molecular weight excluding hydrogens is 523 g/mol. The molecule has 1 heterocycles. The lowest BCUT2D eigenvalue weighted by atomic mass is 10.2. The van der Waals surface area contributed by atoms with Crippen LogP contribution >= 0.6 is 0 Å². The number of halogens is 2. The summed E-state index contributed by atoms with van der Waals surface area (Å²) in [6.07, 6.45) is 0.179. The number of amides is 1. The molecule has 4 aromatic rings. The van der Waals surface area contributed by atoms with Gasteiger partial charge in [-0.05, 0) is 74.0 Å². The van der Waals surface area contributed by atoms with Crippen LogP contribution in [-0.4, -0.2) is 42.2 Å². The van der Waals surface area contributed by atoms with Crippen molar-refractivity contribution in [1.29, 1.82) is 0 Å². The second kappa shape index (κ2) is 13.8. The molecule has 8 nitrogen and oxygen atoms in total. The minimum Gasteiger partial charge on any atom is -1.00 e. The van der Waals surface area contributed by atoms with Crippen LogP contribution < -0.4 is 37.7 Å². The Morgan fingerprint density at radius 1 is 0.949 bits per heavy atom. The molecule has 3 aromatic carbocycles. The average Bonchev–Trinajstić information content (AvgIpc) is 3.18. The van der Waals surface area contributed by atoms with Gasteiger partial charge in [-0.1, -0.05) is 12.1 Å². The molecular formula is C29H34ClFN4O4. The van der Waals surface area contributed by atoms with Crippen LogP contribution in [-0.2, 0) is 13.1 Å². The third-order valence-corrected chi connectivity index (χ3v) is 6.69. The zero-order valence-electron chi connectivity index (χ0n) is 22.4. The summed E-state index contributed by atoms with van der Waals surface area (Å²) in [5.74, 6) is 0.721. The second-order valence-corrected chi connectivity index (χ2v) is 9.10. The molecule has 2 N–H and O–H groups in total. The molecule has 208 valence electrons. The average molecular weight is 557 g/mol. The Bertz CT molecular complexity index is 1430. The van der Waals surface area contributed by atoms with Crippen molar-refractivity contribution in [1.82, 2.24) is 9.36 Å². The Morgan fingerprint density at radius 2 is 1.62 bits per heavy atom. The number of ether oxygens (including phenoxy) is 2. The highest BCUT2D eigenvalue weighted by Crippen LogP contribution is 2.21. The number of nitrogens with one attached hydrogen (secondary N) is 2. The van der Waals surface area contributed by atoms with E-state index in [1.165, 1.54) is 17.0 Å². The Labute approximate surface area is 233 Å². The maximum Gasteiger partial charge on any atom is 0.417 e. The maximum atomic E-state index is 13.5. The van der Waals surface area contributed by atoms with Gasteiger partial charge in [-0.15, -0.1) is 0 Å². The van der Waals surface area contributed by atoms with Gasteiger partial charge in [0.25, 0.3) is 5.56 Å². The van der Waals surface area contributed by atoms with Crippen LogP contribution in [0.5, 0.6) is 11.5 Å². The molecule has 0 spiro atoms. The fourth-order valence-electron chi connectivity index (χ4n) is 4.52. The van der Waals surface area contributed by atoms with E-state index >= 15 is 0 Å². The van der Waals surface area contributed by atoms with Gasteiger partial charge in [0, 0.05) is 18.7 Å². The van der Waals surface area contributed by atoms with Crippen LogP contribution in [0.15, 0.2) is 71.5 Å².